The minimum absolute atomic E-state index is 0.196. The van der Waals surface area contributed by atoms with Crippen LogP contribution in [-0.4, -0.2) is 30.1 Å². The normalized spacial score (nSPS) is 15.2. The second-order valence-electron chi connectivity index (χ2n) is 4.63. The number of hydrogen-bond acceptors (Lipinski definition) is 6. The number of methoxy groups -OCH3 is 1. The summed E-state index contributed by atoms with van der Waals surface area (Å²) in [6.07, 6.45) is 1.52. The van der Waals surface area contributed by atoms with Crippen molar-refractivity contribution in [3.8, 4) is 11.5 Å². The van der Waals surface area contributed by atoms with Crippen LogP contribution in [0.2, 0.25) is 0 Å². The number of amidine groups is 1. The molecule has 0 fully saturated rings. The fraction of sp³-hybridized carbons (Fsp3) is 0.200. The van der Waals surface area contributed by atoms with Gasteiger partial charge in [-0.05, 0) is 30.0 Å². The van der Waals surface area contributed by atoms with Crippen LogP contribution in [0, 0.1) is 0 Å². The monoisotopic (exact) mass is 412 g/mol. The molecule has 0 bridgehead atoms. The molecule has 0 radical (unpaired) electrons. The molecule has 1 aromatic carbocycles. The van der Waals surface area contributed by atoms with Gasteiger partial charge in [0.15, 0.2) is 16.7 Å². The molecule has 2 amide bonds. The first-order valence-corrected chi connectivity index (χ1v) is 8.27. The van der Waals surface area contributed by atoms with Crippen molar-refractivity contribution in [1.82, 2.24) is 5.32 Å². The van der Waals surface area contributed by atoms with Gasteiger partial charge in [-0.25, -0.2) is 0 Å². The highest BCUT2D eigenvalue weighted by Crippen LogP contribution is 2.38. The van der Waals surface area contributed by atoms with Crippen molar-refractivity contribution < 1.29 is 23.9 Å². The molecule has 0 aromatic heterocycles. The zero-order valence-corrected chi connectivity index (χ0v) is 15.4. The van der Waals surface area contributed by atoms with Gasteiger partial charge in [0.05, 0.1) is 12.0 Å². The summed E-state index contributed by atoms with van der Waals surface area (Å²) >= 11 is 4.36. The number of amides is 2. The quantitative estimate of drug-likeness (QED) is 0.465. The van der Waals surface area contributed by atoms with Crippen LogP contribution in [0.3, 0.4) is 0 Å². The molecule has 7 nitrogen and oxygen atoms in total. The summed E-state index contributed by atoms with van der Waals surface area (Å²) in [4.78, 5) is 38.4. The minimum Gasteiger partial charge on any atom is -0.493 e. The summed E-state index contributed by atoms with van der Waals surface area (Å²) in [6, 6.07) is 3.32. The van der Waals surface area contributed by atoms with Crippen LogP contribution in [0.5, 0.6) is 11.5 Å². The van der Waals surface area contributed by atoms with E-state index in [9.17, 15) is 14.4 Å². The van der Waals surface area contributed by atoms with Gasteiger partial charge in [-0.1, -0.05) is 15.9 Å². The van der Waals surface area contributed by atoms with Gasteiger partial charge >= 0.3 is 5.97 Å². The Balaban J connectivity index is 2.42. The molecule has 0 atom stereocenters. The third-order valence-corrected chi connectivity index (χ3v) is 4.06. The van der Waals surface area contributed by atoms with Crippen LogP contribution in [0.1, 0.15) is 19.4 Å². The molecule has 126 valence electrons. The summed E-state index contributed by atoms with van der Waals surface area (Å²) < 4.78 is 11.1. The van der Waals surface area contributed by atoms with Crippen molar-refractivity contribution in [2.75, 3.05) is 7.11 Å². The first kappa shape index (κ1) is 18.2. The molecule has 0 saturated carbocycles. The molecule has 1 aliphatic rings. The largest absolute Gasteiger partial charge is 0.493 e. The van der Waals surface area contributed by atoms with Gasteiger partial charge in [-0.3, -0.25) is 14.4 Å². The van der Waals surface area contributed by atoms with Gasteiger partial charge in [0.2, 0.25) is 5.91 Å². The van der Waals surface area contributed by atoms with Crippen molar-refractivity contribution in [1.29, 1.82) is 0 Å². The summed E-state index contributed by atoms with van der Waals surface area (Å²) in [7, 11) is 1.44. The molecule has 24 heavy (non-hydrogen) atoms. The van der Waals surface area contributed by atoms with Gasteiger partial charge in [-0.15, -0.1) is 0 Å². The third-order valence-electron chi connectivity index (χ3n) is 2.70. The van der Waals surface area contributed by atoms with Crippen molar-refractivity contribution in [2.45, 2.75) is 13.8 Å². The average molecular weight is 413 g/mol. The first-order chi connectivity index (χ1) is 11.3. The Morgan fingerprint density at radius 2 is 2.04 bits per heavy atom. The highest BCUT2D eigenvalue weighted by atomic mass is 79.9. The van der Waals surface area contributed by atoms with E-state index in [-0.39, 0.29) is 21.7 Å². The van der Waals surface area contributed by atoms with Gasteiger partial charge < -0.3 is 14.8 Å². The molecule has 1 N–H and O–H groups in total. The van der Waals surface area contributed by atoms with Crippen LogP contribution in [0.25, 0.3) is 6.08 Å². The summed E-state index contributed by atoms with van der Waals surface area (Å²) in [5.74, 6) is -0.792. The van der Waals surface area contributed by atoms with E-state index in [1.165, 1.54) is 27.0 Å². The maximum absolute atomic E-state index is 12.0. The Kier molecular flexibility index (Phi) is 5.79. The maximum Gasteiger partial charge on any atom is 0.308 e. The van der Waals surface area contributed by atoms with Crippen molar-refractivity contribution in [2.24, 2.45) is 4.99 Å². The van der Waals surface area contributed by atoms with Gasteiger partial charge in [-0.2, -0.15) is 4.99 Å². The van der Waals surface area contributed by atoms with E-state index in [0.717, 1.165) is 11.8 Å². The number of nitrogens with zero attached hydrogens (tertiary/aromatic N) is 1. The molecule has 1 aliphatic heterocycles. The Morgan fingerprint density at radius 1 is 1.33 bits per heavy atom. The van der Waals surface area contributed by atoms with E-state index in [1.807, 2.05) is 0 Å². The Bertz CT molecular complexity index is 788. The number of benzene rings is 1. The topological polar surface area (TPSA) is 94.1 Å². The molecular formula is C15H13BrN2O5S. The molecule has 1 aromatic rings. The summed E-state index contributed by atoms with van der Waals surface area (Å²) in [5.41, 5.74) is 0.464. The number of thioether (sulfide) groups is 1. The fourth-order valence-electron chi connectivity index (χ4n) is 1.86. The van der Waals surface area contributed by atoms with E-state index in [1.54, 1.807) is 12.1 Å². The number of carbonyl (C=O) groups excluding carboxylic acids is 3. The number of aliphatic imine (C=N–C) groups is 1. The van der Waals surface area contributed by atoms with Crippen molar-refractivity contribution in [3.05, 3.63) is 27.1 Å². The average Bonchev–Trinajstić information content (AvgIpc) is 2.79. The number of halogens is 1. The second kappa shape index (κ2) is 7.63. The van der Waals surface area contributed by atoms with Gasteiger partial charge in [0.1, 0.15) is 0 Å². The molecule has 1 heterocycles. The van der Waals surface area contributed by atoms with Crippen LogP contribution >= 0.6 is 27.7 Å². The van der Waals surface area contributed by atoms with E-state index in [0.29, 0.717) is 15.8 Å². The van der Waals surface area contributed by atoms with Crippen LogP contribution in [-0.2, 0) is 14.4 Å². The number of rotatable bonds is 3. The van der Waals surface area contributed by atoms with E-state index >= 15 is 0 Å². The predicted molar refractivity (Wildman–Crippen MR) is 93.8 cm³/mol. The zero-order chi connectivity index (χ0) is 17.9. The highest BCUT2D eigenvalue weighted by molar-refractivity contribution is 9.10. The highest BCUT2D eigenvalue weighted by Gasteiger charge is 2.24. The lowest BCUT2D eigenvalue weighted by molar-refractivity contribution is -0.132. The molecule has 0 unspecified atom stereocenters. The lowest BCUT2D eigenvalue weighted by Gasteiger charge is -2.12. The molecule has 9 heteroatoms. The Morgan fingerprint density at radius 3 is 2.62 bits per heavy atom. The van der Waals surface area contributed by atoms with Crippen molar-refractivity contribution in [3.63, 3.8) is 0 Å². The molecule has 0 spiro atoms. The van der Waals surface area contributed by atoms with E-state index in [4.69, 9.17) is 9.47 Å². The van der Waals surface area contributed by atoms with E-state index < -0.39 is 11.9 Å². The lowest BCUT2D eigenvalue weighted by atomic mass is 10.1. The predicted octanol–water partition coefficient (Wildman–Crippen LogP) is 2.49. The van der Waals surface area contributed by atoms with E-state index in [2.05, 4.69) is 26.2 Å². The standard InChI is InChI=1S/C15H13BrN2O5S/c1-7(19)17-15-18-14(21)12(24-15)5-9-4-10(16)6-11(22-3)13(9)23-8(2)20/h4-6H,1-3H3,(H,17,18,19,21)/b12-5+. The molecule has 2 rings (SSSR count). The maximum atomic E-state index is 12.0. The smallest absolute Gasteiger partial charge is 0.308 e. The SMILES string of the molecule is COc1cc(Br)cc(/C=C2/SC(NC(C)=O)=NC2=O)c1OC(C)=O. The second-order valence-corrected chi connectivity index (χ2v) is 6.58. The lowest BCUT2D eigenvalue weighted by Crippen LogP contribution is -2.23. The number of esters is 1. The summed E-state index contributed by atoms with van der Waals surface area (Å²) in [5, 5.41) is 2.67. The van der Waals surface area contributed by atoms with Crippen LogP contribution in [0.15, 0.2) is 26.5 Å². The number of nitrogens with one attached hydrogen (secondary N) is 1. The number of hydrogen-bond donors (Lipinski definition) is 1. The van der Waals surface area contributed by atoms with Gasteiger partial charge in [0, 0.05) is 23.9 Å². The molecule has 0 saturated heterocycles. The van der Waals surface area contributed by atoms with Crippen LogP contribution < -0.4 is 14.8 Å². The summed E-state index contributed by atoms with van der Waals surface area (Å²) in [6.45, 7) is 2.60. The number of ether oxygens (including phenoxy) is 2. The fourth-order valence-corrected chi connectivity index (χ4v) is 3.16. The van der Waals surface area contributed by atoms with Gasteiger partial charge in [0.25, 0.3) is 5.91 Å². The first-order valence-electron chi connectivity index (χ1n) is 6.66. The Labute approximate surface area is 150 Å². The zero-order valence-electron chi connectivity index (χ0n) is 13.0. The van der Waals surface area contributed by atoms with Crippen molar-refractivity contribution >= 4 is 56.7 Å². The molecular weight excluding hydrogens is 400 g/mol. The number of carbonyl (C=O) groups is 3. The minimum atomic E-state index is -0.518. The third kappa shape index (κ3) is 4.45. The Hall–Kier alpha value is -2.13. The van der Waals surface area contributed by atoms with Crippen LogP contribution in [0.4, 0.5) is 0 Å². The molecule has 0 aliphatic carbocycles.